The van der Waals surface area contributed by atoms with Crippen molar-refractivity contribution in [1.82, 2.24) is 19.3 Å². The topological polar surface area (TPSA) is 52.7 Å². The first-order chi connectivity index (χ1) is 8.58. The fourth-order valence-corrected chi connectivity index (χ4v) is 2.57. The minimum absolute atomic E-state index is 0.258. The van der Waals surface area contributed by atoms with Crippen molar-refractivity contribution in [3.05, 3.63) is 39.5 Å². The molecule has 92 valence electrons. The molecule has 18 heavy (non-hydrogen) atoms. The molecule has 0 aliphatic rings. The van der Waals surface area contributed by atoms with Crippen LogP contribution in [0.5, 0.6) is 0 Å². The normalized spacial score (nSPS) is 11.3. The van der Waals surface area contributed by atoms with Gasteiger partial charge in [0.15, 0.2) is 0 Å². The molecule has 2 heterocycles. The van der Waals surface area contributed by atoms with Crippen molar-refractivity contribution < 1.29 is 4.39 Å². The van der Waals surface area contributed by atoms with Gasteiger partial charge in [0, 0.05) is 7.05 Å². The minimum atomic E-state index is -0.372. The number of hydrogen-bond donors (Lipinski definition) is 0. The smallest absolute Gasteiger partial charge is 0.295 e. The Bertz CT molecular complexity index is 801. The molecule has 0 saturated heterocycles. The maximum Gasteiger partial charge on any atom is 0.335 e. The predicted molar refractivity (Wildman–Crippen MR) is 66.7 cm³/mol. The zero-order valence-electron chi connectivity index (χ0n) is 9.72. The molecule has 0 spiro atoms. The predicted octanol–water partition coefficient (Wildman–Crippen LogP) is 1.63. The van der Waals surface area contributed by atoms with Gasteiger partial charge in [-0.15, -0.1) is 10.2 Å². The lowest BCUT2D eigenvalue weighted by atomic mass is 10.3. The lowest BCUT2D eigenvalue weighted by molar-refractivity contribution is 0.628. The van der Waals surface area contributed by atoms with Gasteiger partial charge in [0.05, 0.1) is 11.0 Å². The Labute approximate surface area is 105 Å². The zero-order valence-corrected chi connectivity index (χ0v) is 10.5. The summed E-state index contributed by atoms with van der Waals surface area (Å²) in [5, 5.41) is 9.12. The van der Waals surface area contributed by atoms with E-state index in [9.17, 15) is 9.18 Å². The molecule has 2 aromatic heterocycles. The Morgan fingerprint density at radius 2 is 2.06 bits per heavy atom. The molecule has 0 unspecified atom stereocenters. The van der Waals surface area contributed by atoms with E-state index < -0.39 is 0 Å². The molecule has 0 N–H and O–H groups in total. The van der Waals surface area contributed by atoms with Crippen LogP contribution in [0.1, 0.15) is 5.01 Å². The SMILES string of the molecule is Cc1nnc(-n2c(=O)n(C)c3cc(F)ccc32)s1. The second-order valence-electron chi connectivity index (χ2n) is 3.91. The van der Waals surface area contributed by atoms with Gasteiger partial charge in [-0.2, -0.15) is 0 Å². The van der Waals surface area contributed by atoms with Crippen LogP contribution in [-0.4, -0.2) is 19.3 Å². The molecule has 7 heteroatoms. The van der Waals surface area contributed by atoms with Gasteiger partial charge < -0.3 is 0 Å². The molecule has 0 amide bonds. The average Bonchev–Trinajstić information content (AvgIpc) is 2.85. The van der Waals surface area contributed by atoms with E-state index in [1.54, 1.807) is 13.1 Å². The molecule has 3 rings (SSSR count). The van der Waals surface area contributed by atoms with Crippen molar-refractivity contribution in [2.24, 2.45) is 7.05 Å². The lowest BCUT2D eigenvalue weighted by Crippen LogP contribution is -2.20. The van der Waals surface area contributed by atoms with Gasteiger partial charge in [-0.25, -0.2) is 13.8 Å². The van der Waals surface area contributed by atoms with E-state index >= 15 is 0 Å². The molecule has 0 radical (unpaired) electrons. The van der Waals surface area contributed by atoms with E-state index in [4.69, 9.17) is 0 Å². The van der Waals surface area contributed by atoms with E-state index in [1.807, 2.05) is 6.92 Å². The molecule has 0 fully saturated rings. The highest BCUT2D eigenvalue weighted by Crippen LogP contribution is 2.20. The van der Waals surface area contributed by atoms with Crippen LogP contribution in [0, 0.1) is 12.7 Å². The highest BCUT2D eigenvalue weighted by molar-refractivity contribution is 7.13. The first-order valence-electron chi connectivity index (χ1n) is 5.25. The maximum absolute atomic E-state index is 13.2. The zero-order chi connectivity index (χ0) is 12.9. The molecule has 0 saturated carbocycles. The first kappa shape index (κ1) is 11.1. The standard InChI is InChI=1S/C11H9FN4OS/c1-6-13-14-10(18-6)16-8-4-3-7(12)5-9(8)15(2)11(16)17/h3-5H,1-2H3. The van der Waals surface area contributed by atoms with Gasteiger partial charge in [0.1, 0.15) is 10.8 Å². The Kier molecular flexibility index (Phi) is 2.30. The highest BCUT2D eigenvalue weighted by Gasteiger charge is 2.15. The van der Waals surface area contributed by atoms with Crippen molar-refractivity contribution in [3.63, 3.8) is 0 Å². The Balaban J connectivity index is 2.43. The summed E-state index contributed by atoms with van der Waals surface area (Å²) in [7, 11) is 1.61. The van der Waals surface area contributed by atoms with Crippen molar-refractivity contribution in [1.29, 1.82) is 0 Å². The lowest BCUT2D eigenvalue weighted by Gasteiger charge is -1.96. The summed E-state index contributed by atoms with van der Waals surface area (Å²) in [5.74, 6) is -0.372. The molecule has 0 aliphatic carbocycles. The largest absolute Gasteiger partial charge is 0.335 e. The van der Waals surface area contributed by atoms with Gasteiger partial charge in [-0.3, -0.25) is 4.57 Å². The second kappa shape index (κ2) is 3.74. The van der Waals surface area contributed by atoms with Gasteiger partial charge in [-0.05, 0) is 25.1 Å². The molecular weight excluding hydrogens is 255 g/mol. The van der Waals surface area contributed by atoms with Crippen LogP contribution in [0.2, 0.25) is 0 Å². The average molecular weight is 264 g/mol. The van der Waals surface area contributed by atoms with Gasteiger partial charge in [0.2, 0.25) is 5.13 Å². The van der Waals surface area contributed by atoms with E-state index in [2.05, 4.69) is 10.2 Å². The Morgan fingerprint density at radius 3 is 2.72 bits per heavy atom. The Morgan fingerprint density at radius 1 is 1.28 bits per heavy atom. The molecule has 0 aliphatic heterocycles. The monoisotopic (exact) mass is 264 g/mol. The summed E-state index contributed by atoms with van der Waals surface area (Å²) in [5.41, 5.74) is 0.902. The molecule has 0 bridgehead atoms. The number of hydrogen-bond acceptors (Lipinski definition) is 4. The van der Waals surface area contributed by atoms with Crippen LogP contribution in [0.3, 0.4) is 0 Å². The summed E-state index contributed by atoms with van der Waals surface area (Å²) >= 11 is 1.32. The minimum Gasteiger partial charge on any atom is -0.295 e. The van der Waals surface area contributed by atoms with Gasteiger partial charge >= 0.3 is 5.69 Å². The third-order valence-corrected chi connectivity index (χ3v) is 3.55. The van der Waals surface area contributed by atoms with E-state index in [-0.39, 0.29) is 11.5 Å². The van der Waals surface area contributed by atoms with E-state index in [1.165, 1.54) is 32.6 Å². The fraction of sp³-hybridized carbons (Fsp3) is 0.182. The van der Waals surface area contributed by atoms with Crippen molar-refractivity contribution in [3.8, 4) is 5.13 Å². The van der Waals surface area contributed by atoms with Crippen LogP contribution >= 0.6 is 11.3 Å². The molecule has 5 nitrogen and oxygen atoms in total. The van der Waals surface area contributed by atoms with Crippen LogP contribution in [0.4, 0.5) is 4.39 Å². The summed E-state index contributed by atoms with van der Waals surface area (Å²) in [6.45, 7) is 1.82. The molecular formula is C11H9FN4OS. The maximum atomic E-state index is 13.2. The quantitative estimate of drug-likeness (QED) is 0.671. The highest BCUT2D eigenvalue weighted by atomic mass is 32.1. The Hall–Kier alpha value is -2.02. The third kappa shape index (κ3) is 1.47. The van der Waals surface area contributed by atoms with Gasteiger partial charge in [0.25, 0.3) is 0 Å². The van der Waals surface area contributed by atoms with E-state index in [0.717, 1.165) is 5.01 Å². The number of aromatic nitrogens is 4. The van der Waals surface area contributed by atoms with Crippen LogP contribution < -0.4 is 5.69 Å². The number of imidazole rings is 1. The van der Waals surface area contributed by atoms with Crippen molar-refractivity contribution in [2.45, 2.75) is 6.92 Å². The van der Waals surface area contributed by atoms with Crippen molar-refractivity contribution in [2.75, 3.05) is 0 Å². The van der Waals surface area contributed by atoms with E-state index in [0.29, 0.717) is 16.2 Å². The summed E-state index contributed by atoms with van der Waals surface area (Å²) in [4.78, 5) is 12.2. The van der Waals surface area contributed by atoms with Crippen LogP contribution in [0.25, 0.3) is 16.2 Å². The summed E-state index contributed by atoms with van der Waals surface area (Å²) in [6.07, 6.45) is 0. The number of aryl methyl sites for hydroxylation is 2. The number of fused-ring (bicyclic) bond motifs is 1. The second-order valence-corrected chi connectivity index (χ2v) is 5.07. The number of rotatable bonds is 1. The third-order valence-electron chi connectivity index (χ3n) is 2.72. The molecule has 3 aromatic rings. The summed E-state index contributed by atoms with van der Waals surface area (Å²) < 4.78 is 16.1. The number of nitrogens with zero attached hydrogens (tertiary/aromatic N) is 4. The first-order valence-corrected chi connectivity index (χ1v) is 6.07. The van der Waals surface area contributed by atoms with Crippen molar-refractivity contribution >= 4 is 22.4 Å². The fourth-order valence-electron chi connectivity index (χ4n) is 1.87. The van der Waals surface area contributed by atoms with Crippen LogP contribution in [0.15, 0.2) is 23.0 Å². The summed E-state index contributed by atoms with van der Waals surface area (Å²) in [6, 6.07) is 4.23. The molecule has 0 atom stereocenters. The molecule has 1 aromatic carbocycles. The van der Waals surface area contributed by atoms with Gasteiger partial charge in [-0.1, -0.05) is 11.3 Å². The van der Waals surface area contributed by atoms with Crippen LogP contribution in [-0.2, 0) is 7.05 Å². The number of halogens is 1. The number of benzene rings is 1.